The third-order valence-corrected chi connectivity index (χ3v) is 9.98. The van der Waals surface area contributed by atoms with Crippen LogP contribution in [-0.2, 0) is 36.8 Å². The van der Waals surface area contributed by atoms with Crippen LogP contribution in [0.25, 0.3) is 0 Å². The number of alkyl halides is 3. The molecule has 0 saturated carbocycles. The van der Waals surface area contributed by atoms with Crippen LogP contribution in [0.5, 0.6) is 0 Å². The Balaban J connectivity index is 1.33. The second kappa shape index (κ2) is 11.8. The van der Waals surface area contributed by atoms with Crippen molar-refractivity contribution in [3.63, 3.8) is 0 Å². The molecule has 0 aromatic heterocycles. The minimum Gasteiger partial charge on any atom is -0.326 e. The highest BCUT2D eigenvalue weighted by Crippen LogP contribution is 2.31. The predicted octanol–water partition coefficient (Wildman–Crippen LogP) is 5.34. The van der Waals surface area contributed by atoms with Gasteiger partial charge >= 0.3 is 6.18 Å². The molecular weight excluding hydrogens is 591 g/mol. The molecule has 214 valence electrons. The van der Waals surface area contributed by atoms with Crippen LogP contribution in [0, 0.1) is 5.92 Å². The zero-order valence-corrected chi connectivity index (χ0v) is 23.2. The second-order valence-electron chi connectivity index (χ2n) is 9.22. The van der Waals surface area contributed by atoms with Crippen LogP contribution in [0.4, 0.5) is 24.5 Å². The maximum Gasteiger partial charge on any atom is 0.416 e. The van der Waals surface area contributed by atoms with Gasteiger partial charge in [0.2, 0.25) is 15.9 Å². The van der Waals surface area contributed by atoms with Crippen LogP contribution >= 0.6 is 11.6 Å². The Morgan fingerprint density at radius 2 is 1.55 bits per heavy atom. The summed E-state index contributed by atoms with van der Waals surface area (Å²) in [5, 5.41) is 3.07. The molecule has 14 heteroatoms. The van der Waals surface area contributed by atoms with Gasteiger partial charge in [-0.2, -0.15) is 13.2 Å². The van der Waals surface area contributed by atoms with Crippen molar-refractivity contribution in [3.05, 3.63) is 88.9 Å². The van der Waals surface area contributed by atoms with Gasteiger partial charge in [0.25, 0.3) is 10.0 Å². The van der Waals surface area contributed by atoms with Crippen LogP contribution < -0.4 is 10.0 Å². The fourth-order valence-corrected chi connectivity index (χ4v) is 7.16. The standard InChI is InChI=1S/C26H25ClF3N3O5S2/c27-24-7-2-1-4-19(24)17-39(35,36)33-14-12-18(13-15-33)25(34)31-21-8-10-23(11-9-21)40(37,38)32-22-6-3-5-20(16-22)26(28,29)30/h1-11,16,18,32H,12-15,17H2,(H,31,34). The topological polar surface area (TPSA) is 113 Å². The van der Waals surface area contributed by atoms with Gasteiger partial charge in [0.05, 0.1) is 16.2 Å². The zero-order valence-electron chi connectivity index (χ0n) is 20.9. The first-order valence-corrected chi connectivity index (χ1v) is 15.5. The number of anilines is 2. The molecule has 1 saturated heterocycles. The number of piperidine rings is 1. The van der Waals surface area contributed by atoms with Crippen molar-refractivity contribution in [3.8, 4) is 0 Å². The first-order chi connectivity index (χ1) is 18.7. The van der Waals surface area contributed by atoms with E-state index in [9.17, 15) is 34.8 Å². The Morgan fingerprint density at radius 1 is 0.900 bits per heavy atom. The monoisotopic (exact) mass is 615 g/mol. The lowest BCUT2D eigenvalue weighted by atomic mass is 9.97. The molecule has 0 atom stereocenters. The molecular formula is C26H25ClF3N3O5S2. The molecule has 0 radical (unpaired) electrons. The lowest BCUT2D eigenvalue weighted by Gasteiger charge is -2.30. The lowest BCUT2D eigenvalue weighted by molar-refractivity contribution is -0.137. The van der Waals surface area contributed by atoms with E-state index in [1.165, 1.54) is 34.6 Å². The van der Waals surface area contributed by atoms with Crippen molar-refractivity contribution in [2.45, 2.75) is 29.7 Å². The molecule has 0 unspecified atom stereocenters. The summed E-state index contributed by atoms with van der Waals surface area (Å²) in [5.74, 6) is -1.01. The highest BCUT2D eigenvalue weighted by atomic mass is 35.5. The van der Waals surface area contributed by atoms with Crippen LogP contribution in [0.3, 0.4) is 0 Å². The summed E-state index contributed by atoms with van der Waals surface area (Å²) in [6.07, 6.45) is -4.01. The zero-order chi connectivity index (χ0) is 29.1. The average molecular weight is 616 g/mol. The summed E-state index contributed by atoms with van der Waals surface area (Å²) in [5.41, 5.74) is -0.418. The van der Waals surface area contributed by atoms with Gasteiger partial charge in [0.15, 0.2) is 0 Å². The average Bonchev–Trinajstić information content (AvgIpc) is 2.90. The predicted molar refractivity (Wildman–Crippen MR) is 146 cm³/mol. The van der Waals surface area contributed by atoms with Gasteiger partial charge in [-0.05, 0) is 66.9 Å². The minimum absolute atomic E-state index is 0.170. The highest BCUT2D eigenvalue weighted by Gasteiger charge is 2.32. The molecule has 0 aliphatic carbocycles. The molecule has 4 rings (SSSR count). The van der Waals surface area contributed by atoms with E-state index in [4.69, 9.17) is 11.6 Å². The van der Waals surface area contributed by atoms with Gasteiger partial charge in [0, 0.05) is 35.4 Å². The number of sulfonamides is 2. The molecule has 0 bridgehead atoms. The lowest BCUT2D eigenvalue weighted by Crippen LogP contribution is -2.41. The van der Waals surface area contributed by atoms with E-state index >= 15 is 0 Å². The van der Waals surface area contributed by atoms with Crippen LogP contribution in [-0.4, -0.2) is 40.1 Å². The van der Waals surface area contributed by atoms with Gasteiger partial charge in [-0.25, -0.2) is 21.1 Å². The molecule has 8 nitrogen and oxygen atoms in total. The van der Waals surface area contributed by atoms with E-state index in [0.717, 1.165) is 12.1 Å². The van der Waals surface area contributed by atoms with Crippen molar-refractivity contribution < 1.29 is 34.8 Å². The van der Waals surface area contributed by atoms with E-state index in [0.29, 0.717) is 35.2 Å². The SMILES string of the molecule is O=C(Nc1ccc(S(=O)(=O)Nc2cccc(C(F)(F)F)c2)cc1)C1CCN(S(=O)(=O)Cc2ccccc2Cl)CC1. The Hall–Kier alpha value is -3.13. The number of halogens is 4. The van der Waals surface area contributed by atoms with E-state index in [-0.39, 0.29) is 35.3 Å². The fraction of sp³-hybridized carbons (Fsp3) is 0.269. The molecule has 3 aromatic rings. The maximum absolute atomic E-state index is 12.9. The summed E-state index contributed by atoms with van der Waals surface area (Å²) in [7, 11) is -7.81. The Labute approximate surface area is 235 Å². The Bertz CT molecular complexity index is 1590. The van der Waals surface area contributed by atoms with Crippen LogP contribution in [0.15, 0.2) is 77.7 Å². The Morgan fingerprint density at radius 3 is 2.17 bits per heavy atom. The summed E-state index contributed by atoms with van der Waals surface area (Å²) >= 11 is 6.09. The number of benzene rings is 3. The first-order valence-electron chi connectivity index (χ1n) is 12.1. The number of hydrogen-bond donors (Lipinski definition) is 2. The maximum atomic E-state index is 12.9. The molecule has 1 amide bonds. The molecule has 2 N–H and O–H groups in total. The van der Waals surface area contributed by atoms with Gasteiger partial charge in [-0.15, -0.1) is 0 Å². The normalized spacial score (nSPS) is 15.5. The number of amides is 1. The minimum atomic E-state index is -4.62. The van der Waals surface area contributed by atoms with Crippen molar-refractivity contribution in [2.75, 3.05) is 23.1 Å². The van der Waals surface area contributed by atoms with Gasteiger partial charge < -0.3 is 5.32 Å². The third kappa shape index (κ3) is 7.33. The molecule has 1 aliphatic heterocycles. The number of rotatable bonds is 8. The first kappa shape index (κ1) is 29.8. The van der Waals surface area contributed by atoms with E-state index in [1.54, 1.807) is 24.3 Å². The van der Waals surface area contributed by atoms with Crippen molar-refractivity contribution in [2.24, 2.45) is 5.92 Å². The van der Waals surface area contributed by atoms with E-state index in [2.05, 4.69) is 10.0 Å². The number of carbonyl (C=O) groups excluding carboxylic acids is 1. The van der Waals surface area contributed by atoms with Crippen molar-refractivity contribution >= 4 is 48.9 Å². The van der Waals surface area contributed by atoms with E-state index in [1.807, 2.05) is 0 Å². The quantitative estimate of drug-likeness (QED) is 0.355. The molecule has 40 heavy (non-hydrogen) atoms. The largest absolute Gasteiger partial charge is 0.416 e. The molecule has 0 spiro atoms. The second-order valence-corrected chi connectivity index (χ2v) is 13.3. The van der Waals surface area contributed by atoms with E-state index < -0.39 is 37.7 Å². The summed E-state index contributed by atoms with van der Waals surface area (Å²) in [4.78, 5) is 12.6. The summed E-state index contributed by atoms with van der Waals surface area (Å²) in [6.45, 7) is 0.340. The van der Waals surface area contributed by atoms with Gasteiger partial charge in [0.1, 0.15) is 0 Å². The van der Waals surface area contributed by atoms with Gasteiger partial charge in [-0.3, -0.25) is 9.52 Å². The molecule has 1 fully saturated rings. The molecule has 3 aromatic carbocycles. The summed E-state index contributed by atoms with van der Waals surface area (Å²) < 4.78 is 93.2. The summed E-state index contributed by atoms with van der Waals surface area (Å²) in [6, 6.07) is 15.7. The molecule has 1 heterocycles. The number of hydrogen-bond acceptors (Lipinski definition) is 5. The third-order valence-electron chi connectivity index (χ3n) is 6.39. The number of nitrogens with one attached hydrogen (secondary N) is 2. The molecule has 1 aliphatic rings. The van der Waals surface area contributed by atoms with Crippen molar-refractivity contribution in [1.82, 2.24) is 4.31 Å². The van der Waals surface area contributed by atoms with Gasteiger partial charge in [-0.1, -0.05) is 35.9 Å². The Kier molecular flexibility index (Phi) is 8.78. The smallest absolute Gasteiger partial charge is 0.326 e. The van der Waals surface area contributed by atoms with Crippen LogP contribution in [0.2, 0.25) is 5.02 Å². The number of carbonyl (C=O) groups is 1. The highest BCUT2D eigenvalue weighted by molar-refractivity contribution is 7.92. The van der Waals surface area contributed by atoms with Crippen LogP contribution in [0.1, 0.15) is 24.0 Å². The van der Waals surface area contributed by atoms with Crippen molar-refractivity contribution in [1.29, 1.82) is 0 Å². The fourth-order valence-electron chi connectivity index (χ4n) is 4.23. The number of nitrogens with zero attached hydrogens (tertiary/aromatic N) is 1.